The highest BCUT2D eigenvalue weighted by Gasteiger charge is 2.27. The van der Waals surface area contributed by atoms with Crippen LogP contribution in [0.3, 0.4) is 0 Å². The number of hydrogen-bond donors (Lipinski definition) is 0. The molecule has 1 saturated heterocycles. The summed E-state index contributed by atoms with van der Waals surface area (Å²) in [6.45, 7) is 1.25. The summed E-state index contributed by atoms with van der Waals surface area (Å²) in [5.74, 6) is 1.76. The average molecular weight is 469 g/mol. The Balaban J connectivity index is 1.30. The van der Waals surface area contributed by atoms with Crippen LogP contribution in [0.2, 0.25) is 0 Å². The average Bonchev–Trinajstić information content (AvgIpc) is 2.93. The molecule has 0 N–H and O–H groups in total. The van der Waals surface area contributed by atoms with E-state index in [0.29, 0.717) is 41.7 Å². The minimum Gasteiger partial charge on any atom is -0.497 e. The Labute approximate surface area is 202 Å². The molecule has 0 saturated carbocycles. The maximum Gasteiger partial charge on any atom is 0.254 e. The lowest BCUT2D eigenvalue weighted by Gasteiger charge is -2.32. The van der Waals surface area contributed by atoms with Gasteiger partial charge in [0.1, 0.15) is 17.8 Å². The molecule has 0 unspecified atom stereocenters. The maximum absolute atomic E-state index is 13.3. The van der Waals surface area contributed by atoms with Crippen molar-refractivity contribution in [2.24, 2.45) is 0 Å². The molecule has 9 heteroatoms. The van der Waals surface area contributed by atoms with Crippen LogP contribution >= 0.6 is 0 Å². The molecule has 0 spiro atoms. The Hall–Kier alpha value is -4.40. The van der Waals surface area contributed by atoms with Crippen molar-refractivity contribution in [1.82, 2.24) is 29.8 Å². The zero-order valence-corrected chi connectivity index (χ0v) is 19.2. The minimum absolute atomic E-state index is 0.0352. The van der Waals surface area contributed by atoms with Gasteiger partial charge in [0.25, 0.3) is 5.91 Å². The Morgan fingerprint density at radius 2 is 1.89 bits per heavy atom. The van der Waals surface area contributed by atoms with Gasteiger partial charge in [-0.25, -0.2) is 15.0 Å². The zero-order valence-electron chi connectivity index (χ0n) is 19.2. The fourth-order valence-corrected chi connectivity index (χ4v) is 4.13. The van der Waals surface area contributed by atoms with Crippen molar-refractivity contribution < 1.29 is 14.3 Å². The lowest BCUT2D eigenvalue weighted by atomic mass is 9.94. The van der Waals surface area contributed by atoms with Gasteiger partial charge in [0.2, 0.25) is 5.88 Å². The van der Waals surface area contributed by atoms with E-state index >= 15 is 0 Å². The monoisotopic (exact) mass is 468 g/mol. The van der Waals surface area contributed by atoms with E-state index in [1.54, 1.807) is 56.3 Å². The van der Waals surface area contributed by atoms with Crippen molar-refractivity contribution in [2.45, 2.75) is 18.8 Å². The van der Waals surface area contributed by atoms with E-state index in [9.17, 15) is 4.79 Å². The SMILES string of the molecule is COc1cccc(Oc2cncc([C@H]3CCCN(C(=O)c4ccnc(-c5cncnc5)c4)C3)n2)c1. The van der Waals surface area contributed by atoms with Gasteiger partial charge in [-0.15, -0.1) is 0 Å². The number of pyridine rings is 1. The smallest absolute Gasteiger partial charge is 0.254 e. The van der Waals surface area contributed by atoms with Crippen molar-refractivity contribution >= 4 is 5.91 Å². The summed E-state index contributed by atoms with van der Waals surface area (Å²) in [7, 11) is 1.61. The summed E-state index contributed by atoms with van der Waals surface area (Å²) in [4.78, 5) is 36.6. The summed E-state index contributed by atoms with van der Waals surface area (Å²) < 4.78 is 11.2. The van der Waals surface area contributed by atoms with Crippen molar-refractivity contribution in [3.05, 3.63) is 85.0 Å². The first-order chi connectivity index (χ1) is 17.2. The topological polar surface area (TPSA) is 103 Å². The van der Waals surface area contributed by atoms with E-state index in [1.165, 1.54) is 6.33 Å². The van der Waals surface area contributed by atoms with Gasteiger partial charge < -0.3 is 14.4 Å². The van der Waals surface area contributed by atoms with Gasteiger partial charge in [0, 0.05) is 61.0 Å². The van der Waals surface area contributed by atoms with Crippen LogP contribution in [-0.2, 0) is 0 Å². The quantitative estimate of drug-likeness (QED) is 0.416. The predicted octanol–water partition coefficient (Wildman–Crippen LogP) is 4.15. The molecule has 1 aliphatic rings. The lowest BCUT2D eigenvalue weighted by Crippen LogP contribution is -2.39. The Bertz CT molecular complexity index is 1320. The van der Waals surface area contributed by atoms with Gasteiger partial charge >= 0.3 is 0 Å². The summed E-state index contributed by atoms with van der Waals surface area (Å²) in [6, 6.07) is 10.9. The third-order valence-electron chi connectivity index (χ3n) is 5.88. The molecule has 1 aliphatic heterocycles. The second-order valence-electron chi connectivity index (χ2n) is 8.21. The fourth-order valence-electron chi connectivity index (χ4n) is 4.13. The molecule has 4 heterocycles. The van der Waals surface area contributed by atoms with Crippen molar-refractivity contribution in [2.75, 3.05) is 20.2 Å². The van der Waals surface area contributed by atoms with Gasteiger partial charge in [0.15, 0.2) is 0 Å². The Kier molecular flexibility index (Phi) is 6.56. The molecule has 1 atom stereocenters. The highest BCUT2D eigenvalue weighted by atomic mass is 16.5. The van der Waals surface area contributed by atoms with E-state index in [2.05, 4.69) is 24.9 Å². The van der Waals surface area contributed by atoms with Crippen LogP contribution in [0.4, 0.5) is 0 Å². The second kappa shape index (κ2) is 10.3. The number of benzene rings is 1. The van der Waals surface area contributed by atoms with Crippen molar-refractivity contribution in [3.8, 4) is 28.6 Å². The van der Waals surface area contributed by atoms with Crippen LogP contribution in [0, 0.1) is 0 Å². The number of likely N-dealkylation sites (tertiary alicyclic amines) is 1. The third kappa shape index (κ3) is 5.24. The molecule has 1 fully saturated rings. The Morgan fingerprint density at radius 1 is 1.03 bits per heavy atom. The number of ether oxygens (including phenoxy) is 2. The molecule has 3 aromatic heterocycles. The van der Waals surface area contributed by atoms with Gasteiger partial charge in [-0.3, -0.25) is 14.8 Å². The highest BCUT2D eigenvalue weighted by molar-refractivity contribution is 5.95. The lowest BCUT2D eigenvalue weighted by molar-refractivity contribution is 0.0705. The van der Waals surface area contributed by atoms with Crippen LogP contribution in [0.1, 0.15) is 34.8 Å². The number of methoxy groups -OCH3 is 1. The molecule has 5 rings (SSSR count). The van der Waals surface area contributed by atoms with E-state index in [0.717, 1.165) is 24.1 Å². The molecule has 35 heavy (non-hydrogen) atoms. The highest BCUT2D eigenvalue weighted by Crippen LogP contribution is 2.29. The zero-order chi connectivity index (χ0) is 24.0. The molecule has 0 bridgehead atoms. The van der Waals surface area contributed by atoms with E-state index in [-0.39, 0.29) is 11.8 Å². The number of amides is 1. The minimum atomic E-state index is -0.0352. The first-order valence-electron chi connectivity index (χ1n) is 11.3. The number of aromatic nitrogens is 5. The molecule has 1 amide bonds. The molecule has 0 aliphatic carbocycles. The molecule has 176 valence electrons. The number of carbonyl (C=O) groups is 1. The number of nitrogens with zero attached hydrogens (tertiary/aromatic N) is 6. The summed E-state index contributed by atoms with van der Waals surface area (Å²) in [6.07, 6.45) is 11.6. The van der Waals surface area contributed by atoms with Gasteiger partial charge in [-0.1, -0.05) is 6.07 Å². The van der Waals surface area contributed by atoms with Gasteiger partial charge in [-0.05, 0) is 37.1 Å². The van der Waals surface area contributed by atoms with Crippen LogP contribution in [0.25, 0.3) is 11.3 Å². The van der Waals surface area contributed by atoms with Gasteiger partial charge in [0.05, 0.1) is 24.7 Å². The predicted molar refractivity (Wildman–Crippen MR) is 128 cm³/mol. The van der Waals surface area contributed by atoms with Crippen LogP contribution in [0.5, 0.6) is 17.4 Å². The molecule has 0 radical (unpaired) electrons. The summed E-state index contributed by atoms with van der Waals surface area (Å²) in [5, 5.41) is 0. The first kappa shape index (κ1) is 22.4. The standard InChI is InChI=1S/C26H24N6O3/c1-34-21-5-2-6-22(11-21)35-25-15-27-14-24(31-25)19-4-3-9-32(16-19)26(33)18-7-8-30-23(10-18)20-12-28-17-29-13-20/h2,5-8,10-15,17,19H,3-4,9,16H2,1H3/t19-/m0/s1. The van der Waals surface area contributed by atoms with Crippen LogP contribution in [0.15, 0.2) is 73.7 Å². The molecule has 4 aromatic rings. The van der Waals surface area contributed by atoms with Crippen LogP contribution in [-0.4, -0.2) is 55.9 Å². The second-order valence-corrected chi connectivity index (χ2v) is 8.21. The summed E-state index contributed by atoms with van der Waals surface area (Å²) >= 11 is 0. The van der Waals surface area contributed by atoms with Crippen molar-refractivity contribution in [3.63, 3.8) is 0 Å². The maximum atomic E-state index is 13.3. The van der Waals surface area contributed by atoms with Crippen molar-refractivity contribution in [1.29, 1.82) is 0 Å². The molecule has 9 nitrogen and oxygen atoms in total. The van der Waals surface area contributed by atoms with E-state index < -0.39 is 0 Å². The van der Waals surface area contributed by atoms with Crippen LogP contribution < -0.4 is 9.47 Å². The third-order valence-corrected chi connectivity index (χ3v) is 5.88. The fraction of sp³-hybridized carbons (Fsp3) is 0.231. The van der Waals surface area contributed by atoms with E-state index in [4.69, 9.17) is 9.47 Å². The summed E-state index contributed by atoms with van der Waals surface area (Å²) in [5.41, 5.74) is 2.82. The molecular weight excluding hydrogens is 444 g/mol. The largest absolute Gasteiger partial charge is 0.497 e. The van der Waals surface area contributed by atoms with Gasteiger partial charge in [-0.2, -0.15) is 0 Å². The first-order valence-corrected chi connectivity index (χ1v) is 11.3. The number of carbonyl (C=O) groups excluding carboxylic acids is 1. The molecule has 1 aromatic carbocycles. The van der Waals surface area contributed by atoms with E-state index in [1.807, 2.05) is 23.1 Å². The normalized spacial score (nSPS) is 15.5. The number of rotatable bonds is 6. The number of piperidine rings is 1. The number of hydrogen-bond acceptors (Lipinski definition) is 8. The molecular formula is C26H24N6O3. The Morgan fingerprint density at radius 3 is 2.74 bits per heavy atom.